The van der Waals surface area contributed by atoms with E-state index in [2.05, 4.69) is 10.3 Å². The third kappa shape index (κ3) is 4.24. The fraction of sp³-hybridized carbons (Fsp3) is 0.304. The van der Waals surface area contributed by atoms with Crippen LogP contribution in [0.3, 0.4) is 0 Å². The van der Waals surface area contributed by atoms with Gasteiger partial charge in [-0.2, -0.15) is 0 Å². The van der Waals surface area contributed by atoms with E-state index in [9.17, 15) is 19.8 Å². The molecule has 1 aliphatic rings. The Morgan fingerprint density at radius 3 is 2.42 bits per heavy atom. The van der Waals surface area contributed by atoms with Crippen molar-refractivity contribution < 1.29 is 14.9 Å². The summed E-state index contributed by atoms with van der Waals surface area (Å²) in [6.45, 7) is 0.0195. The molecule has 3 aromatic rings. The van der Waals surface area contributed by atoms with E-state index in [1.807, 2.05) is 60.7 Å². The van der Waals surface area contributed by atoms with Crippen molar-refractivity contribution in [2.45, 2.75) is 36.9 Å². The highest BCUT2D eigenvalue weighted by atomic mass is 16.6. The molecule has 2 aromatic carbocycles. The van der Waals surface area contributed by atoms with Gasteiger partial charge in [0.2, 0.25) is 0 Å². The van der Waals surface area contributed by atoms with E-state index >= 15 is 0 Å². The van der Waals surface area contributed by atoms with Gasteiger partial charge in [-0.05, 0) is 11.1 Å². The second-order valence-electron chi connectivity index (χ2n) is 7.66. The van der Waals surface area contributed by atoms with E-state index in [-0.39, 0.29) is 6.42 Å². The number of benzene rings is 2. The molecule has 0 saturated carbocycles. The van der Waals surface area contributed by atoms with Crippen LogP contribution in [0, 0.1) is 0 Å². The second-order valence-corrected chi connectivity index (χ2v) is 7.66. The van der Waals surface area contributed by atoms with Crippen LogP contribution >= 0.6 is 0 Å². The van der Waals surface area contributed by atoms with Crippen molar-refractivity contribution in [2.75, 3.05) is 6.61 Å². The highest BCUT2D eigenvalue weighted by Gasteiger charge is 2.54. The number of aliphatic hydroxyl groups excluding tert-OH is 2. The number of aromatic nitrogens is 2. The summed E-state index contributed by atoms with van der Waals surface area (Å²) in [5.41, 5.74) is -0.665. The third-order valence-corrected chi connectivity index (χ3v) is 5.73. The molecule has 1 aromatic heterocycles. The maximum atomic E-state index is 12.3. The largest absolute Gasteiger partial charge is 0.393 e. The highest BCUT2D eigenvalue weighted by molar-refractivity contribution is 5.25. The summed E-state index contributed by atoms with van der Waals surface area (Å²) in [5.74, 6) is 0. The molecule has 4 rings (SSSR count). The minimum absolute atomic E-state index is 0.0862. The molecule has 8 heteroatoms. The van der Waals surface area contributed by atoms with E-state index in [4.69, 9.17) is 4.74 Å². The molecular weight excluding hydrogens is 398 g/mol. The molecule has 1 unspecified atom stereocenters. The lowest BCUT2D eigenvalue weighted by Gasteiger charge is -2.39. The first-order valence-electron chi connectivity index (χ1n) is 10.1. The molecule has 1 fully saturated rings. The van der Waals surface area contributed by atoms with Gasteiger partial charge in [-0.3, -0.25) is 14.3 Å². The summed E-state index contributed by atoms with van der Waals surface area (Å²) in [6.07, 6.45) is -0.477. The smallest absolute Gasteiger partial charge is 0.330 e. The topological polar surface area (TPSA) is 117 Å². The van der Waals surface area contributed by atoms with Crippen LogP contribution in [0.25, 0.3) is 0 Å². The summed E-state index contributed by atoms with van der Waals surface area (Å²) >= 11 is 0. The highest BCUT2D eigenvalue weighted by Crippen LogP contribution is 2.44. The van der Waals surface area contributed by atoms with Crippen molar-refractivity contribution in [3.05, 3.63) is 105 Å². The molecular formula is C23H25N3O5. The van der Waals surface area contributed by atoms with Crippen LogP contribution in [0.2, 0.25) is 0 Å². The standard InChI is InChI=1S/C23H25N3O5/c27-15-23(18(28)13-20(31-23)26-12-11-19(29)25-22(26)30)21(17-9-5-2-6-10-17)24-14-16-7-3-1-4-8-16/h1-12,18,20-21,24,27-28H,13-15H2,(H,25,29,30)/t18-,20+,21?,23+/m0/s1. The fourth-order valence-corrected chi connectivity index (χ4v) is 4.12. The van der Waals surface area contributed by atoms with Crippen LogP contribution in [0.5, 0.6) is 0 Å². The molecule has 4 N–H and O–H groups in total. The van der Waals surface area contributed by atoms with Crippen LogP contribution in [-0.4, -0.2) is 38.1 Å². The summed E-state index contributed by atoms with van der Waals surface area (Å²) in [6, 6.07) is 19.9. The zero-order chi connectivity index (χ0) is 21.8. The van der Waals surface area contributed by atoms with E-state index in [1.54, 1.807) is 0 Å². The molecule has 2 heterocycles. The molecule has 8 nitrogen and oxygen atoms in total. The van der Waals surface area contributed by atoms with Crippen LogP contribution in [0.1, 0.15) is 29.8 Å². The van der Waals surface area contributed by atoms with Crippen molar-refractivity contribution in [1.29, 1.82) is 0 Å². The van der Waals surface area contributed by atoms with Crippen molar-refractivity contribution >= 4 is 0 Å². The minimum Gasteiger partial charge on any atom is -0.393 e. The average molecular weight is 423 g/mol. The van der Waals surface area contributed by atoms with Crippen molar-refractivity contribution in [1.82, 2.24) is 14.9 Å². The fourth-order valence-electron chi connectivity index (χ4n) is 4.12. The Labute approximate surface area is 178 Å². The van der Waals surface area contributed by atoms with E-state index < -0.39 is 41.8 Å². The van der Waals surface area contributed by atoms with Gasteiger partial charge >= 0.3 is 5.69 Å². The lowest BCUT2D eigenvalue weighted by Crippen LogP contribution is -2.53. The van der Waals surface area contributed by atoms with Gasteiger partial charge in [-0.15, -0.1) is 0 Å². The Bertz CT molecular complexity index is 1120. The average Bonchev–Trinajstić information content (AvgIpc) is 3.12. The lowest BCUT2D eigenvalue weighted by atomic mass is 9.84. The predicted octanol–water partition coefficient (Wildman–Crippen LogP) is 1.08. The Morgan fingerprint density at radius 1 is 1.10 bits per heavy atom. The first-order chi connectivity index (χ1) is 15.0. The zero-order valence-corrected chi connectivity index (χ0v) is 16.8. The number of ether oxygens (including phenoxy) is 1. The Kier molecular flexibility index (Phi) is 6.15. The normalized spacial score (nSPS) is 24.2. The number of nitrogens with one attached hydrogen (secondary N) is 2. The number of aromatic amines is 1. The molecule has 1 saturated heterocycles. The third-order valence-electron chi connectivity index (χ3n) is 5.73. The molecule has 0 spiro atoms. The summed E-state index contributed by atoms with van der Waals surface area (Å²) < 4.78 is 7.42. The number of rotatable bonds is 7. The Hall–Kier alpha value is -3.04. The summed E-state index contributed by atoms with van der Waals surface area (Å²) in [7, 11) is 0. The molecule has 1 aliphatic heterocycles. The van der Waals surface area contributed by atoms with Crippen molar-refractivity contribution in [3.8, 4) is 0 Å². The monoisotopic (exact) mass is 423 g/mol. The number of nitrogens with zero attached hydrogens (tertiary/aromatic N) is 1. The number of hydrogen-bond acceptors (Lipinski definition) is 6. The molecule has 0 bridgehead atoms. The lowest BCUT2D eigenvalue weighted by molar-refractivity contribution is -0.149. The van der Waals surface area contributed by atoms with E-state index in [1.165, 1.54) is 16.8 Å². The molecule has 162 valence electrons. The zero-order valence-electron chi connectivity index (χ0n) is 16.8. The molecule has 0 amide bonds. The van der Waals surface area contributed by atoms with Gasteiger partial charge in [0.1, 0.15) is 11.8 Å². The molecule has 4 atom stereocenters. The van der Waals surface area contributed by atoms with Gasteiger partial charge in [0, 0.05) is 25.2 Å². The summed E-state index contributed by atoms with van der Waals surface area (Å²) in [5, 5.41) is 24.9. The Morgan fingerprint density at radius 2 is 1.77 bits per heavy atom. The first-order valence-corrected chi connectivity index (χ1v) is 10.1. The SMILES string of the molecule is O=c1ccn([C@H]2C[C@H](O)[C@](CO)(C(NCc3ccccc3)c3ccccc3)O2)c(=O)[nH]1. The van der Waals surface area contributed by atoms with E-state index in [0.29, 0.717) is 6.54 Å². The molecule has 0 aliphatic carbocycles. The summed E-state index contributed by atoms with van der Waals surface area (Å²) in [4.78, 5) is 25.9. The number of H-pyrrole nitrogens is 1. The van der Waals surface area contributed by atoms with Crippen molar-refractivity contribution in [3.63, 3.8) is 0 Å². The van der Waals surface area contributed by atoms with Crippen LogP contribution in [0.15, 0.2) is 82.5 Å². The van der Waals surface area contributed by atoms with Crippen LogP contribution in [-0.2, 0) is 11.3 Å². The maximum Gasteiger partial charge on any atom is 0.330 e. The first kappa shape index (κ1) is 21.2. The van der Waals surface area contributed by atoms with Gasteiger partial charge in [0.05, 0.1) is 18.8 Å². The molecule has 31 heavy (non-hydrogen) atoms. The van der Waals surface area contributed by atoms with Gasteiger partial charge in [0.25, 0.3) is 5.56 Å². The second kappa shape index (κ2) is 8.99. The van der Waals surface area contributed by atoms with Crippen molar-refractivity contribution in [2.24, 2.45) is 0 Å². The van der Waals surface area contributed by atoms with Crippen LogP contribution in [0.4, 0.5) is 0 Å². The van der Waals surface area contributed by atoms with Gasteiger partial charge in [0.15, 0.2) is 0 Å². The van der Waals surface area contributed by atoms with Gasteiger partial charge < -0.3 is 20.3 Å². The van der Waals surface area contributed by atoms with E-state index in [0.717, 1.165) is 11.1 Å². The van der Waals surface area contributed by atoms with Gasteiger partial charge in [-0.1, -0.05) is 60.7 Å². The molecule has 0 radical (unpaired) electrons. The number of aliphatic hydroxyl groups is 2. The minimum atomic E-state index is -1.39. The predicted molar refractivity (Wildman–Crippen MR) is 114 cm³/mol. The number of hydrogen-bond donors (Lipinski definition) is 4. The van der Waals surface area contributed by atoms with Gasteiger partial charge in [-0.25, -0.2) is 4.79 Å². The quantitative estimate of drug-likeness (QED) is 0.452. The Balaban J connectivity index is 1.69. The maximum absolute atomic E-state index is 12.3. The van der Waals surface area contributed by atoms with Crippen LogP contribution < -0.4 is 16.6 Å².